The maximum atomic E-state index is 11.5. The Kier molecular flexibility index (Phi) is 4.77. The van der Waals surface area contributed by atoms with Crippen LogP contribution >= 0.6 is 0 Å². The quantitative estimate of drug-likeness (QED) is 0.514. The summed E-state index contributed by atoms with van der Waals surface area (Å²) in [6.07, 6.45) is 2.56. The van der Waals surface area contributed by atoms with E-state index in [0.29, 0.717) is 5.56 Å². The van der Waals surface area contributed by atoms with E-state index in [9.17, 15) is 14.9 Å². The van der Waals surface area contributed by atoms with Gasteiger partial charge in [0, 0.05) is 12.1 Å². The number of benzene rings is 1. The van der Waals surface area contributed by atoms with Crippen molar-refractivity contribution in [3.63, 3.8) is 0 Å². The minimum absolute atomic E-state index is 0.0525. The highest BCUT2D eigenvalue weighted by molar-refractivity contribution is 5.91. The number of nitrogens with zero attached hydrogens (tertiary/aromatic N) is 1. The molecule has 6 heteroatoms. The van der Waals surface area contributed by atoms with Crippen molar-refractivity contribution in [2.45, 2.75) is 26.4 Å². The number of nitro benzene ring substituents is 1. The molecule has 1 rings (SSSR count). The van der Waals surface area contributed by atoms with Crippen LogP contribution in [0.25, 0.3) is 6.08 Å². The molecular formula is C13H16N2O4. The fourth-order valence-corrected chi connectivity index (χ4v) is 1.20. The summed E-state index contributed by atoms with van der Waals surface area (Å²) < 4.78 is 0. The van der Waals surface area contributed by atoms with Crippen LogP contribution in [0.2, 0.25) is 0 Å². The molecule has 0 bridgehead atoms. The van der Waals surface area contributed by atoms with E-state index in [1.54, 1.807) is 39.0 Å². The minimum atomic E-state index is -0.498. The molecule has 1 aromatic rings. The lowest BCUT2D eigenvalue weighted by Gasteiger charge is -2.17. The molecule has 0 radical (unpaired) electrons. The molecule has 6 nitrogen and oxygen atoms in total. The second-order valence-electron chi connectivity index (χ2n) is 4.83. The van der Waals surface area contributed by atoms with Crippen molar-refractivity contribution >= 4 is 17.7 Å². The fourth-order valence-electron chi connectivity index (χ4n) is 1.20. The molecule has 0 spiro atoms. The lowest BCUT2D eigenvalue weighted by atomic mass is 10.1. The summed E-state index contributed by atoms with van der Waals surface area (Å²) in [6.45, 7) is 5.37. The van der Waals surface area contributed by atoms with Crippen molar-refractivity contribution in [1.82, 2.24) is 5.48 Å². The second kappa shape index (κ2) is 6.10. The summed E-state index contributed by atoms with van der Waals surface area (Å²) >= 11 is 0. The van der Waals surface area contributed by atoms with Crippen LogP contribution < -0.4 is 5.48 Å². The average molecular weight is 264 g/mol. The second-order valence-corrected chi connectivity index (χ2v) is 4.83. The summed E-state index contributed by atoms with van der Waals surface area (Å²) in [5.41, 5.74) is 2.06. The van der Waals surface area contributed by atoms with E-state index < -0.39 is 16.4 Å². The van der Waals surface area contributed by atoms with E-state index in [1.165, 1.54) is 18.2 Å². The summed E-state index contributed by atoms with van der Waals surface area (Å²) in [5, 5.41) is 10.8. The van der Waals surface area contributed by atoms with Crippen molar-refractivity contribution in [1.29, 1.82) is 0 Å². The van der Waals surface area contributed by atoms with Gasteiger partial charge in [-0.2, -0.15) is 0 Å². The first-order valence-corrected chi connectivity index (χ1v) is 5.69. The molecule has 1 amide bonds. The summed E-state index contributed by atoms with van der Waals surface area (Å²) in [7, 11) is 0. The lowest BCUT2D eigenvalue weighted by Crippen LogP contribution is -2.32. The summed E-state index contributed by atoms with van der Waals surface area (Å²) in [5.74, 6) is -0.479. The van der Waals surface area contributed by atoms with Gasteiger partial charge in [0.05, 0.1) is 16.1 Å². The molecule has 0 aromatic heterocycles. The number of nitro groups is 1. The number of rotatable bonds is 4. The zero-order valence-electron chi connectivity index (χ0n) is 11.0. The number of hydroxylamine groups is 1. The predicted octanol–water partition coefficient (Wildman–Crippen LogP) is 2.45. The predicted molar refractivity (Wildman–Crippen MR) is 71.1 cm³/mol. The van der Waals surface area contributed by atoms with Gasteiger partial charge in [0.25, 0.3) is 11.6 Å². The SMILES string of the molecule is CC(C)(C)ONC(=O)/C=C/c1ccccc1[N+](=O)[O-]. The van der Waals surface area contributed by atoms with Gasteiger partial charge >= 0.3 is 0 Å². The number of amides is 1. The molecule has 0 atom stereocenters. The zero-order valence-corrected chi connectivity index (χ0v) is 11.0. The van der Waals surface area contributed by atoms with Crippen LogP contribution in [0.5, 0.6) is 0 Å². The Labute approximate surface area is 111 Å². The van der Waals surface area contributed by atoms with Gasteiger partial charge in [0.2, 0.25) is 0 Å². The highest BCUT2D eigenvalue weighted by Gasteiger charge is 2.12. The molecule has 0 saturated carbocycles. The van der Waals surface area contributed by atoms with Crippen LogP contribution in [0.4, 0.5) is 5.69 Å². The van der Waals surface area contributed by atoms with Gasteiger partial charge in [0.1, 0.15) is 0 Å². The third-order valence-electron chi connectivity index (χ3n) is 2.01. The maximum Gasteiger partial charge on any atom is 0.276 e. The van der Waals surface area contributed by atoms with E-state index in [2.05, 4.69) is 5.48 Å². The van der Waals surface area contributed by atoms with Crippen LogP contribution in [0.3, 0.4) is 0 Å². The molecule has 1 aromatic carbocycles. The molecule has 102 valence electrons. The first-order valence-electron chi connectivity index (χ1n) is 5.69. The number of carbonyl (C=O) groups is 1. The zero-order chi connectivity index (χ0) is 14.5. The third kappa shape index (κ3) is 5.31. The standard InChI is InChI=1S/C13H16N2O4/c1-13(2,3)19-14-12(16)9-8-10-6-4-5-7-11(10)15(17)18/h4-9H,1-3H3,(H,14,16)/b9-8+. The molecule has 0 heterocycles. The van der Waals surface area contributed by atoms with E-state index in [1.807, 2.05) is 0 Å². The van der Waals surface area contributed by atoms with Crippen LogP contribution in [0.15, 0.2) is 30.3 Å². The molecule has 0 unspecified atom stereocenters. The van der Waals surface area contributed by atoms with E-state index >= 15 is 0 Å². The molecule has 0 saturated heterocycles. The van der Waals surface area contributed by atoms with Gasteiger partial charge < -0.3 is 0 Å². The Balaban J connectivity index is 2.72. The average Bonchev–Trinajstić information content (AvgIpc) is 2.33. The first kappa shape index (κ1) is 14.8. The number of nitrogens with one attached hydrogen (secondary N) is 1. The normalized spacial score (nSPS) is 11.5. The Bertz CT molecular complexity index is 504. The molecular weight excluding hydrogens is 248 g/mol. The van der Waals surface area contributed by atoms with Crippen LogP contribution in [-0.4, -0.2) is 16.4 Å². The number of para-hydroxylation sites is 1. The Morgan fingerprint density at radius 2 is 2.00 bits per heavy atom. The van der Waals surface area contributed by atoms with Crippen LogP contribution in [0, 0.1) is 10.1 Å². The maximum absolute atomic E-state index is 11.5. The Hall–Kier alpha value is -2.21. The van der Waals surface area contributed by atoms with Crippen LogP contribution in [0.1, 0.15) is 26.3 Å². The van der Waals surface area contributed by atoms with Gasteiger partial charge in [-0.15, -0.1) is 0 Å². The third-order valence-corrected chi connectivity index (χ3v) is 2.01. The smallest absolute Gasteiger partial charge is 0.268 e. The molecule has 19 heavy (non-hydrogen) atoms. The Morgan fingerprint density at radius 3 is 2.58 bits per heavy atom. The van der Waals surface area contributed by atoms with E-state index in [0.717, 1.165) is 0 Å². The monoisotopic (exact) mass is 264 g/mol. The molecule has 0 fully saturated rings. The van der Waals surface area contributed by atoms with Gasteiger partial charge in [-0.1, -0.05) is 12.1 Å². The van der Waals surface area contributed by atoms with Crippen molar-refractivity contribution in [2.24, 2.45) is 0 Å². The van der Waals surface area contributed by atoms with Crippen molar-refractivity contribution < 1.29 is 14.6 Å². The van der Waals surface area contributed by atoms with Gasteiger partial charge in [-0.25, -0.2) is 5.48 Å². The molecule has 0 aliphatic rings. The van der Waals surface area contributed by atoms with Gasteiger partial charge in [-0.3, -0.25) is 19.7 Å². The van der Waals surface area contributed by atoms with Crippen LogP contribution in [-0.2, 0) is 9.63 Å². The minimum Gasteiger partial charge on any atom is -0.268 e. The number of hydrogen-bond acceptors (Lipinski definition) is 4. The molecule has 1 N–H and O–H groups in total. The first-order chi connectivity index (χ1) is 8.79. The fraction of sp³-hybridized carbons (Fsp3) is 0.308. The summed E-state index contributed by atoms with van der Waals surface area (Å²) in [6, 6.07) is 6.17. The van der Waals surface area contributed by atoms with Crippen molar-refractivity contribution in [2.75, 3.05) is 0 Å². The lowest BCUT2D eigenvalue weighted by molar-refractivity contribution is -0.385. The topological polar surface area (TPSA) is 81.5 Å². The molecule has 0 aliphatic heterocycles. The highest BCUT2D eigenvalue weighted by Crippen LogP contribution is 2.18. The largest absolute Gasteiger partial charge is 0.276 e. The highest BCUT2D eigenvalue weighted by atomic mass is 16.7. The van der Waals surface area contributed by atoms with Gasteiger partial charge in [-0.05, 0) is 32.9 Å². The van der Waals surface area contributed by atoms with E-state index in [4.69, 9.17) is 4.84 Å². The molecule has 0 aliphatic carbocycles. The number of carbonyl (C=O) groups excluding carboxylic acids is 1. The summed E-state index contributed by atoms with van der Waals surface area (Å²) in [4.78, 5) is 26.8. The van der Waals surface area contributed by atoms with Crippen molar-refractivity contribution in [3.05, 3.63) is 46.0 Å². The number of hydrogen-bond donors (Lipinski definition) is 1. The van der Waals surface area contributed by atoms with Crippen molar-refractivity contribution in [3.8, 4) is 0 Å². The Morgan fingerprint density at radius 1 is 1.37 bits per heavy atom. The van der Waals surface area contributed by atoms with Gasteiger partial charge in [0.15, 0.2) is 0 Å². The van der Waals surface area contributed by atoms with E-state index in [-0.39, 0.29) is 5.69 Å².